The summed E-state index contributed by atoms with van der Waals surface area (Å²) in [5.41, 5.74) is 3.26. The van der Waals surface area contributed by atoms with Crippen molar-refractivity contribution >= 4 is 28.9 Å². The first-order chi connectivity index (χ1) is 19.0. The zero-order valence-electron chi connectivity index (χ0n) is 20.8. The number of nitrogens with one attached hydrogen (secondary N) is 1. The molecule has 2 bridgehead atoms. The molecule has 2 saturated heterocycles. The van der Waals surface area contributed by atoms with Gasteiger partial charge >= 0.3 is 5.76 Å². The average Bonchev–Trinajstić information content (AvgIpc) is 3.44. The van der Waals surface area contributed by atoms with E-state index >= 15 is 0 Å². The summed E-state index contributed by atoms with van der Waals surface area (Å²) in [7, 11) is 0. The predicted octanol–water partition coefficient (Wildman–Crippen LogP) is 6.72. The summed E-state index contributed by atoms with van der Waals surface area (Å²) in [6, 6.07) is 10.9. The van der Waals surface area contributed by atoms with Crippen LogP contribution in [0.1, 0.15) is 55.8 Å². The molecule has 3 fully saturated rings. The molecule has 0 spiro atoms. The molecule has 2 aromatic heterocycles. The summed E-state index contributed by atoms with van der Waals surface area (Å²) in [4.78, 5) is 16.0. The summed E-state index contributed by atoms with van der Waals surface area (Å²) in [6.45, 7) is 0.371. The molecule has 0 amide bonds. The fraction of sp³-hybridized carbons (Fsp3) is 0.393. The van der Waals surface area contributed by atoms with E-state index in [0.717, 1.165) is 55.5 Å². The van der Waals surface area contributed by atoms with Crippen molar-refractivity contribution in [2.75, 3.05) is 4.90 Å². The number of anilines is 1. The molecule has 7 rings (SSSR count). The highest BCUT2D eigenvalue weighted by Gasteiger charge is 2.42. The molecular weight excluding hydrogens is 546 g/mol. The Labute approximate surface area is 233 Å². The van der Waals surface area contributed by atoms with E-state index in [2.05, 4.69) is 24.7 Å². The van der Waals surface area contributed by atoms with Crippen LogP contribution in [0.25, 0.3) is 22.6 Å². The van der Waals surface area contributed by atoms with Crippen LogP contribution in [0.2, 0.25) is 10.0 Å². The Hall–Kier alpha value is -3.14. The third kappa shape index (κ3) is 4.56. The number of rotatable bonds is 7. The van der Waals surface area contributed by atoms with Crippen molar-refractivity contribution < 1.29 is 18.2 Å². The number of ether oxygens (including phenoxy) is 1. The van der Waals surface area contributed by atoms with E-state index < -0.39 is 11.6 Å². The molecule has 4 aromatic rings. The monoisotopic (exact) mass is 570 g/mol. The van der Waals surface area contributed by atoms with Gasteiger partial charge in [-0.25, -0.2) is 9.18 Å². The molecule has 1 aliphatic carbocycles. The molecule has 8 nitrogen and oxygen atoms in total. The van der Waals surface area contributed by atoms with Gasteiger partial charge < -0.3 is 14.2 Å². The molecule has 1 N–H and O–H groups in total. The zero-order valence-corrected chi connectivity index (χ0v) is 22.3. The highest BCUT2D eigenvalue weighted by molar-refractivity contribution is 6.39. The second-order valence-electron chi connectivity index (χ2n) is 10.5. The molecule has 2 aliphatic heterocycles. The van der Waals surface area contributed by atoms with E-state index in [0.29, 0.717) is 33.8 Å². The first kappa shape index (κ1) is 24.9. The summed E-state index contributed by atoms with van der Waals surface area (Å²) < 4.78 is 31.8. The quantitative estimate of drug-likeness (QED) is 0.263. The molecular formula is C28H25Cl2FN4O4. The van der Waals surface area contributed by atoms with Crippen molar-refractivity contribution in [2.24, 2.45) is 0 Å². The Balaban J connectivity index is 1.08. The number of halogens is 3. The van der Waals surface area contributed by atoms with Crippen molar-refractivity contribution in [3.63, 3.8) is 0 Å². The van der Waals surface area contributed by atoms with Crippen molar-refractivity contribution in [1.29, 1.82) is 0 Å². The fourth-order valence-corrected chi connectivity index (χ4v) is 6.71. The molecule has 4 heterocycles. The van der Waals surface area contributed by atoms with E-state index in [4.69, 9.17) is 32.5 Å². The molecule has 3 aliphatic rings. The third-order valence-electron chi connectivity index (χ3n) is 8.07. The normalized spacial score (nSPS) is 22.5. The van der Waals surface area contributed by atoms with Crippen molar-refractivity contribution in [1.82, 2.24) is 15.3 Å². The number of hydrogen-bond donors (Lipinski definition) is 1. The molecule has 202 valence electrons. The number of aromatic nitrogens is 3. The lowest BCUT2D eigenvalue weighted by molar-refractivity contribution is 0.0147. The molecule has 2 aromatic carbocycles. The smallest absolute Gasteiger partial charge is 0.373 e. The Bertz CT molecular complexity index is 1560. The molecule has 1 saturated carbocycles. The molecule has 39 heavy (non-hydrogen) atoms. The SMILES string of the molecule is O=c1[nH]c(-c2ccc(N3C4CCC3CC(OCc3c(-c5c(Cl)cccc5Cl)noc3C3CC3)C4)cc2F)no1. The summed E-state index contributed by atoms with van der Waals surface area (Å²) in [5.74, 6) is 0.130. The first-order valence-corrected chi connectivity index (χ1v) is 13.9. The lowest BCUT2D eigenvalue weighted by Crippen LogP contribution is -2.45. The van der Waals surface area contributed by atoms with Crippen LogP contribution in [-0.4, -0.2) is 33.5 Å². The number of fused-ring (bicyclic) bond motifs is 2. The second kappa shape index (κ2) is 9.80. The Morgan fingerprint density at radius 3 is 2.41 bits per heavy atom. The maximum atomic E-state index is 15.0. The maximum absolute atomic E-state index is 15.0. The van der Waals surface area contributed by atoms with Crippen molar-refractivity contribution in [2.45, 2.75) is 69.2 Å². The van der Waals surface area contributed by atoms with E-state index in [1.54, 1.807) is 18.2 Å². The van der Waals surface area contributed by atoms with Gasteiger partial charge in [0.05, 0.1) is 28.3 Å². The van der Waals surface area contributed by atoms with Gasteiger partial charge in [-0.05, 0) is 68.9 Å². The lowest BCUT2D eigenvalue weighted by Gasteiger charge is -2.40. The third-order valence-corrected chi connectivity index (χ3v) is 8.70. The minimum atomic E-state index is -0.717. The van der Waals surface area contributed by atoms with Gasteiger partial charge in [-0.2, -0.15) is 0 Å². The molecule has 11 heteroatoms. The van der Waals surface area contributed by atoms with Crippen LogP contribution >= 0.6 is 23.2 Å². The van der Waals surface area contributed by atoms with Crippen LogP contribution in [0.15, 0.2) is 50.2 Å². The van der Waals surface area contributed by atoms with Gasteiger partial charge in [0, 0.05) is 34.8 Å². The van der Waals surface area contributed by atoms with Gasteiger partial charge in [0.2, 0.25) is 0 Å². The minimum absolute atomic E-state index is 0.0552. The number of benzene rings is 2. The van der Waals surface area contributed by atoms with E-state index in [1.165, 1.54) is 6.07 Å². The van der Waals surface area contributed by atoms with Crippen LogP contribution in [0, 0.1) is 5.82 Å². The Morgan fingerprint density at radius 1 is 1.03 bits per heavy atom. The largest absolute Gasteiger partial charge is 0.439 e. The molecule has 2 atom stereocenters. The fourth-order valence-electron chi connectivity index (χ4n) is 6.14. The van der Waals surface area contributed by atoms with Crippen LogP contribution in [0.5, 0.6) is 0 Å². The topological polar surface area (TPSA) is 97.4 Å². The summed E-state index contributed by atoms with van der Waals surface area (Å²) in [6.07, 6.45) is 5.91. The van der Waals surface area contributed by atoms with Crippen LogP contribution in [-0.2, 0) is 11.3 Å². The van der Waals surface area contributed by atoms with Gasteiger partial charge in [0.1, 0.15) is 17.3 Å². The summed E-state index contributed by atoms with van der Waals surface area (Å²) >= 11 is 13.0. The van der Waals surface area contributed by atoms with E-state index in [1.807, 2.05) is 12.1 Å². The number of hydrogen-bond acceptors (Lipinski definition) is 7. The van der Waals surface area contributed by atoms with E-state index in [-0.39, 0.29) is 29.6 Å². The number of H-pyrrole nitrogens is 1. The number of nitrogens with zero attached hydrogens (tertiary/aromatic N) is 3. The van der Waals surface area contributed by atoms with Crippen LogP contribution in [0.3, 0.4) is 0 Å². The van der Waals surface area contributed by atoms with Crippen molar-refractivity contribution in [3.05, 3.63) is 74.1 Å². The Morgan fingerprint density at radius 2 is 1.77 bits per heavy atom. The lowest BCUT2D eigenvalue weighted by atomic mass is 9.98. The van der Waals surface area contributed by atoms with Crippen LogP contribution < -0.4 is 10.7 Å². The van der Waals surface area contributed by atoms with Gasteiger partial charge in [0.25, 0.3) is 0 Å². The second-order valence-corrected chi connectivity index (χ2v) is 11.4. The Kier molecular flexibility index (Phi) is 6.25. The minimum Gasteiger partial charge on any atom is -0.373 e. The maximum Gasteiger partial charge on any atom is 0.439 e. The highest BCUT2D eigenvalue weighted by atomic mass is 35.5. The molecule has 0 radical (unpaired) electrons. The van der Waals surface area contributed by atoms with Gasteiger partial charge in [0.15, 0.2) is 5.82 Å². The van der Waals surface area contributed by atoms with Crippen LogP contribution in [0.4, 0.5) is 10.1 Å². The van der Waals surface area contributed by atoms with Gasteiger partial charge in [-0.3, -0.25) is 9.51 Å². The zero-order chi connectivity index (χ0) is 26.7. The average molecular weight is 571 g/mol. The number of aromatic amines is 1. The first-order valence-electron chi connectivity index (χ1n) is 13.1. The van der Waals surface area contributed by atoms with E-state index in [9.17, 15) is 9.18 Å². The van der Waals surface area contributed by atoms with Crippen molar-refractivity contribution in [3.8, 4) is 22.6 Å². The number of piperidine rings is 1. The standard InChI is InChI=1S/C28H25Cl2FN4O4/c29-21-2-1-3-22(30)24(21)25-20(26(38-33-25)14-4-5-14)13-37-18-10-15-6-7-16(11-18)35(15)17-8-9-19(23(31)12-17)27-32-28(36)39-34-27/h1-3,8-9,12,14-16,18H,4-7,10-11,13H2,(H,32,34,36). The van der Waals surface area contributed by atoms with Gasteiger partial charge in [-0.1, -0.05) is 39.6 Å². The summed E-state index contributed by atoms with van der Waals surface area (Å²) in [5, 5.41) is 9.02. The molecule has 2 unspecified atom stereocenters. The highest BCUT2D eigenvalue weighted by Crippen LogP contribution is 2.47. The van der Waals surface area contributed by atoms with Gasteiger partial charge in [-0.15, -0.1) is 0 Å². The predicted molar refractivity (Wildman–Crippen MR) is 144 cm³/mol.